The predicted molar refractivity (Wildman–Crippen MR) is 78.1 cm³/mol. The molecule has 108 valence electrons. The lowest BCUT2D eigenvalue weighted by atomic mass is 10.1. The second-order valence-corrected chi connectivity index (χ2v) is 5.63. The van der Waals surface area contributed by atoms with Gasteiger partial charge < -0.3 is 10.6 Å². The van der Waals surface area contributed by atoms with E-state index in [1.165, 1.54) is 18.1 Å². The Bertz CT molecular complexity index is 686. The average molecular weight is 303 g/mol. The fraction of sp³-hybridized carbons (Fsp3) is 0.231. The van der Waals surface area contributed by atoms with E-state index >= 15 is 0 Å². The molecule has 7 nitrogen and oxygen atoms in total. The van der Waals surface area contributed by atoms with Crippen molar-refractivity contribution in [2.45, 2.75) is 17.9 Å². The first-order valence-corrected chi connectivity index (χ1v) is 7.35. The zero-order valence-corrected chi connectivity index (χ0v) is 12.0. The Labute approximate surface area is 124 Å². The van der Waals surface area contributed by atoms with Crippen molar-refractivity contribution in [1.29, 1.82) is 0 Å². The van der Waals surface area contributed by atoms with Crippen molar-refractivity contribution in [3.63, 3.8) is 0 Å². The highest BCUT2D eigenvalue weighted by Gasteiger charge is 2.18. The molecular formula is C13H13N5O2S. The molecule has 2 heterocycles. The van der Waals surface area contributed by atoms with Gasteiger partial charge in [0, 0.05) is 10.5 Å². The van der Waals surface area contributed by atoms with Crippen LogP contribution < -0.4 is 10.6 Å². The molecule has 1 aliphatic rings. The largest absolute Gasteiger partial charge is 0.342 e. The molecule has 0 saturated heterocycles. The predicted octanol–water partition coefficient (Wildman–Crippen LogP) is 1.34. The SMILES string of the molecule is CC(NC(=O)c1ccc2c(c1)NC(=O)CS2)c1ncn[nH]1. The molecule has 3 N–H and O–H groups in total. The second-order valence-electron chi connectivity index (χ2n) is 4.61. The van der Waals surface area contributed by atoms with Crippen LogP contribution in [-0.4, -0.2) is 32.7 Å². The van der Waals surface area contributed by atoms with Crippen molar-refractivity contribution in [2.24, 2.45) is 0 Å². The molecule has 1 aromatic carbocycles. The number of rotatable bonds is 3. The van der Waals surface area contributed by atoms with E-state index in [9.17, 15) is 9.59 Å². The molecule has 0 fully saturated rings. The number of thioether (sulfide) groups is 1. The molecule has 1 aliphatic heterocycles. The highest BCUT2D eigenvalue weighted by molar-refractivity contribution is 8.00. The molecule has 21 heavy (non-hydrogen) atoms. The van der Waals surface area contributed by atoms with Crippen LogP contribution >= 0.6 is 11.8 Å². The Morgan fingerprint density at radius 3 is 3.10 bits per heavy atom. The van der Waals surface area contributed by atoms with Gasteiger partial charge in [-0.15, -0.1) is 11.8 Å². The van der Waals surface area contributed by atoms with Gasteiger partial charge in [-0.1, -0.05) is 0 Å². The van der Waals surface area contributed by atoms with Gasteiger partial charge in [-0.25, -0.2) is 4.98 Å². The number of nitrogens with zero attached hydrogens (tertiary/aromatic N) is 2. The number of hydrogen-bond acceptors (Lipinski definition) is 5. The average Bonchev–Trinajstić information content (AvgIpc) is 3.00. The number of aromatic amines is 1. The zero-order chi connectivity index (χ0) is 14.8. The van der Waals surface area contributed by atoms with Crippen LogP contribution in [0, 0.1) is 0 Å². The minimum Gasteiger partial charge on any atom is -0.342 e. The Hall–Kier alpha value is -2.35. The van der Waals surface area contributed by atoms with Crippen LogP contribution in [-0.2, 0) is 4.79 Å². The van der Waals surface area contributed by atoms with Gasteiger partial charge in [0.15, 0.2) is 0 Å². The molecule has 1 aromatic heterocycles. The number of carbonyl (C=O) groups excluding carboxylic acids is 2. The van der Waals surface area contributed by atoms with E-state index in [4.69, 9.17) is 0 Å². The van der Waals surface area contributed by atoms with Crippen LogP contribution in [0.5, 0.6) is 0 Å². The van der Waals surface area contributed by atoms with E-state index in [1.54, 1.807) is 12.1 Å². The first-order chi connectivity index (χ1) is 10.1. The first-order valence-electron chi connectivity index (χ1n) is 6.36. The van der Waals surface area contributed by atoms with E-state index in [2.05, 4.69) is 25.8 Å². The fourth-order valence-corrected chi connectivity index (χ4v) is 2.78. The number of benzene rings is 1. The molecule has 0 radical (unpaired) electrons. The third kappa shape index (κ3) is 2.89. The summed E-state index contributed by atoms with van der Waals surface area (Å²) < 4.78 is 0. The Morgan fingerprint density at radius 1 is 1.48 bits per heavy atom. The van der Waals surface area contributed by atoms with Crippen molar-refractivity contribution < 1.29 is 9.59 Å². The third-order valence-electron chi connectivity index (χ3n) is 3.07. The topological polar surface area (TPSA) is 99.8 Å². The van der Waals surface area contributed by atoms with Gasteiger partial charge in [-0.2, -0.15) is 5.10 Å². The van der Waals surface area contributed by atoms with Gasteiger partial charge in [0.1, 0.15) is 12.2 Å². The van der Waals surface area contributed by atoms with E-state index < -0.39 is 0 Å². The van der Waals surface area contributed by atoms with E-state index in [-0.39, 0.29) is 17.9 Å². The normalized spacial score (nSPS) is 15.0. The minimum absolute atomic E-state index is 0.0555. The number of fused-ring (bicyclic) bond motifs is 1. The molecule has 2 aromatic rings. The number of anilines is 1. The molecule has 8 heteroatoms. The zero-order valence-electron chi connectivity index (χ0n) is 11.2. The van der Waals surface area contributed by atoms with Crippen LogP contribution in [0.3, 0.4) is 0 Å². The van der Waals surface area contributed by atoms with Crippen molar-refractivity contribution in [1.82, 2.24) is 20.5 Å². The van der Waals surface area contributed by atoms with Crippen LogP contribution in [0.4, 0.5) is 5.69 Å². The van der Waals surface area contributed by atoms with Gasteiger partial charge >= 0.3 is 0 Å². The van der Waals surface area contributed by atoms with E-state index in [0.29, 0.717) is 22.8 Å². The summed E-state index contributed by atoms with van der Waals surface area (Å²) in [4.78, 5) is 28.6. The van der Waals surface area contributed by atoms with Crippen molar-refractivity contribution >= 4 is 29.3 Å². The number of H-pyrrole nitrogens is 1. The molecule has 0 spiro atoms. The summed E-state index contributed by atoms with van der Waals surface area (Å²) in [5.41, 5.74) is 1.17. The van der Waals surface area contributed by atoms with Gasteiger partial charge in [0.25, 0.3) is 5.91 Å². The second kappa shape index (κ2) is 5.57. The Morgan fingerprint density at radius 2 is 2.33 bits per heavy atom. The smallest absolute Gasteiger partial charge is 0.251 e. The summed E-state index contributed by atoms with van der Waals surface area (Å²) in [6.45, 7) is 1.81. The summed E-state index contributed by atoms with van der Waals surface area (Å²) in [5, 5.41) is 12.1. The fourth-order valence-electron chi connectivity index (χ4n) is 2.00. The van der Waals surface area contributed by atoms with Crippen molar-refractivity contribution in [3.05, 3.63) is 35.9 Å². The lowest BCUT2D eigenvalue weighted by Gasteiger charge is -2.17. The maximum atomic E-state index is 12.2. The molecule has 0 aliphatic carbocycles. The summed E-state index contributed by atoms with van der Waals surface area (Å²) in [5.74, 6) is 0.706. The molecular weight excluding hydrogens is 290 g/mol. The third-order valence-corrected chi connectivity index (χ3v) is 4.14. The molecule has 2 amide bonds. The summed E-state index contributed by atoms with van der Waals surface area (Å²) in [6.07, 6.45) is 1.39. The number of nitrogens with one attached hydrogen (secondary N) is 3. The summed E-state index contributed by atoms with van der Waals surface area (Å²) in [7, 11) is 0. The molecule has 0 saturated carbocycles. The Kier molecular flexibility index (Phi) is 3.61. The van der Waals surface area contributed by atoms with E-state index in [0.717, 1.165) is 4.90 Å². The van der Waals surface area contributed by atoms with Gasteiger partial charge in [0.05, 0.1) is 17.5 Å². The minimum atomic E-state index is -0.278. The van der Waals surface area contributed by atoms with E-state index in [1.807, 2.05) is 13.0 Å². The van der Waals surface area contributed by atoms with Gasteiger partial charge in [0.2, 0.25) is 5.91 Å². The molecule has 0 bridgehead atoms. The number of carbonyl (C=O) groups is 2. The lowest BCUT2D eigenvalue weighted by molar-refractivity contribution is -0.113. The first kappa shape index (κ1) is 13.6. The van der Waals surface area contributed by atoms with Gasteiger partial charge in [-0.3, -0.25) is 14.7 Å². The van der Waals surface area contributed by atoms with Crippen LogP contribution in [0.25, 0.3) is 0 Å². The number of aromatic nitrogens is 3. The quantitative estimate of drug-likeness (QED) is 0.794. The van der Waals surface area contributed by atoms with Crippen LogP contribution in [0.2, 0.25) is 0 Å². The highest BCUT2D eigenvalue weighted by atomic mass is 32.2. The molecule has 3 rings (SSSR count). The lowest BCUT2D eigenvalue weighted by Crippen LogP contribution is -2.28. The van der Waals surface area contributed by atoms with Crippen molar-refractivity contribution in [2.75, 3.05) is 11.1 Å². The van der Waals surface area contributed by atoms with Crippen LogP contribution in [0.15, 0.2) is 29.4 Å². The monoisotopic (exact) mass is 303 g/mol. The maximum absolute atomic E-state index is 12.2. The Balaban J connectivity index is 1.76. The summed E-state index contributed by atoms with van der Waals surface area (Å²) >= 11 is 1.46. The van der Waals surface area contributed by atoms with Gasteiger partial charge in [-0.05, 0) is 25.1 Å². The molecule has 1 unspecified atom stereocenters. The highest BCUT2D eigenvalue weighted by Crippen LogP contribution is 2.32. The number of amides is 2. The van der Waals surface area contributed by atoms with Crippen LogP contribution in [0.1, 0.15) is 29.1 Å². The standard InChI is InChI=1S/C13H13N5O2S/c1-7(12-14-6-15-18-12)16-13(20)8-2-3-10-9(4-8)17-11(19)5-21-10/h2-4,6-7H,5H2,1H3,(H,16,20)(H,17,19)(H,14,15,18). The summed E-state index contributed by atoms with van der Waals surface area (Å²) in [6, 6.07) is 4.99. The molecule has 1 atom stereocenters. The maximum Gasteiger partial charge on any atom is 0.251 e. The number of hydrogen-bond donors (Lipinski definition) is 3. The van der Waals surface area contributed by atoms with Crippen molar-refractivity contribution in [3.8, 4) is 0 Å².